The second kappa shape index (κ2) is 12.0. The van der Waals surface area contributed by atoms with Crippen LogP contribution in [-0.4, -0.2) is 35.8 Å². The molecule has 2 aromatic carbocycles. The van der Waals surface area contributed by atoms with E-state index in [4.69, 9.17) is 16.9 Å². The zero-order valence-corrected chi connectivity index (χ0v) is 20.6. The monoisotopic (exact) mass is 592 g/mol. The average molecular weight is 593 g/mol. The number of alkyl halides is 7. The molecule has 0 saturated carbocycles. The first-order valence-corrected chi connectivity index (χ1v) is 11.4. The molecule has 0 saturated heterocycles. The summed E-state index contributed by atoms with van der Waals surface area (Å²) in [5, 5.41) is 12.7. The van der Waals surface area contributed by atoms with Crippen molar-refractivity contribution in [3.8, 4) is 11.8 Å². The molecule has 3 aromatic rings. The molecule has 2 N–H and O–H groups in total. The number of halogens is 9. The number of nitrogens with one attached hydrogen (secondary N) is 2. The standard InChI is InChI=1S/C25H17ClF8N4O2/c26-16-6-7-19(36-13-16)23(11-14-4-2-1-3-5-14,38-22(39)37-20(12-35)24(30,31)32)15-8-17(27)10-18(9-15)40-25(33,34)21(28)29/h1-10,13,20-21H,11H2,(H2,37,38,39)/t20?,23-/m0/s1. The maximum atomic E-state index is 14.7. The second-order valence-electron chi connectivity index (χ2n) is 8.27. The lowest BCUT2D eigenvalue weighted by atomic mass is 9.80. The molecule has 6 nitrogen and oxygen atoms in total. The first-order chi connectivity index (χ1) is 18.7. The summed E-state index contributed by atoms with van der Waals surface area (Å²) < 4.78 is 111. The quantitative estimate of drug-likeness (QED) is 0.284. The van der Waals surface area contributed by atoms with E-state index in [1.54, 1.807) is 18.2 Å². The molecule has 15 heteroatoms. The van der Waals surface area contributed by atoms with E-state index < -0.39 is 53.5 Å². The second-order valence-corrected chi connectivity index (χ2v) is 8.71. The number of nitriles is 1. The molecule has 40 heavy (non-hydrogen) atoms. The predicted octanol–water partition coefficient (Wildman–Crippen LogP) is 6.35. The Labute approximate surface area is 226 Å². The van der Waals surface area contributed by atoms with E-state index in [9.17, 15) is 39.9 Å². The van der Waals surface area contributed by atoms with Crippen LogP contribution in [-0.2, 0) is 12.0 Å². The molecular formula is C25H17ClF8N4O2. The summed E-state index contributed by atoms with van der Waals surface area (Å²) in [5.41, 5.74) is -2.37. The summed E-state index contributed by atoms with van der Waals surface area (Å²) in [6, 6.07) is 8.43. The Kier molecular flexibility index (Phi) is 9.09. The van der Waals surface area contributed by atoms with Gasteiger partial charge < -0.3 is 15.4 Å². The van der Waals surface area contributed by atoms with Gasteiger partial charge >= 0.3 is 24.7 Å². The highest BCUT2D eigenvalue weighted by Crippen LogP contribution is 2.37. The molecule has 0 bridgehead atoms. The van der Waals surface area contributed by atoms with Gasteiger partial charge in [0.2, 0.25) is 6.04 Å². The third-order valence-electron chi connectivity index (χ3n) is 5.41. The van der Waals surface area contributed by atoms with Gasteiger partial charge in [-0.1, -0.05) is 41.9 Å². The van der Waals surface area contributed by atoms with E-state index in [1.807, 2.05) is 0 Å². The van der Waals surface area contributed by atoms with E-state index in [-0.39, 0.29) is 17.1 Å². The SMILES string of the molecule is N#CC(NC(=O)N[C@@](Cc1ccccc1)(c1cc(F)cc(OC(F)(F)C(F)F)c1)c1ccc(Cl)cn1)C(F)(F)F. The van der Waals surface area contributed by atoms with Crippen molar-refractivity contribution in [3.63, 3.8) is 0 Å². The fourth-order valence-electron chi connectivity index (χ4n) is 3.67. The smallest absolute Gasteiger partial charge is 0.428 e. The molecule has 1 aromatic heterocycles. The van der Waals surface area contributed by atoms with Crippen molar-refractivity contribution in [2.75, 3.05) is 0 Å². The van der Waals surface area contributed by atoms with Crippen LogP contribution >= 0.6 is 11.6 Å². The van der Waals surface area contributed by atoms with Crippen LogP contribution in [0.5, 0.6) is 5.75 Å². The third kappa shape index (κ3) is 7.29. The maximum Gasteiger partial charge on any atom is 0.461 e. The van der Waals surface area contributed by atoms with Crippen LogP contribution in [0.2, 0.25) is 5.02 Å². The lowest BCUT2D eigenvalue weighted by Crippen LogP contribution is -2.56. The topological polar surface area (TPSA) is 87.0 Å². The average Bonchev–Trinajstić information content (AvgIpc) is 2.86. The molecule has 0 radical (unpaired) electrons. The van der Waals surface area contributed by atoms with Crippen molar-refractivity contribution in [1.29, 1.82) is 5.26 Å². The summed E-state index contributed by atoms with van der Waals surface area (Å²) in [5.74, 6) is -2.37. The van der Waals surface area contributed by atoms with Crippen molar-refractivity contribution in [1.82, 2.24) is 15.6 Å². The molecule has 212 valence electrons. The summed E-state index contributed by atoms with van der Waals surface area (Å²) in [6.07, 6.45) is -13.8. The molecule has 3 rings (SSSR count). The largest absolute Gasteiger partial charge is 0.461 e. The number of carbonyl (C=O) groups excluding carboxylic acids is 1. The lowest BCUT2D eigenvalue weighted by molar-refractivity contribution is -0.253. The number of benzene rings is 2. The molecule has 0 aliphatic heterocycles. The number of rotatable bonds is 9. The van der Waals surface area contributed by atoms with E-state index >= 15 is 0 Å². The van der Waals surface area contributed by atoms with Gasteiger partial charge in [-0.25, -0.2) is 9.18 Å². The highest BCUT2D eigenvalue weighted by Gasteiger charge is 2.46. The van der Waals surface area contributed by atoms with E-state index in [0.29, 0.717) is 17.7 Å². The van der Waals surface area contributed by atoms with Gasteiger partial charge in [-0.15, -0.1) is 0 Å². The first kappa shape index (κ1) is 30.4. The molecular weight excluding hydrogens is 576 g/mol. The number of pyridine rings is 1. The number of nitrogens with zero attached hydrogens (tertiary/aromatic N) is 2. The number of hydrogen-bond donors (Lipinski definition) is 2. The van der Waals surface area contributed by atoms with E-state index in [2.05, 4.69) is 15.0 Å². The van der Waals surface area contributed by atoms with Crippen LogP contribution < -0.4 is 15.4 Å². The Morgan fingerprint density at radius 3 is 2.27 bits per heavy atom. The highest BCUT2D eigenvalue weighted by atomic mass is 35.5. The van der Waals surface area contributed by atoms with Gasteiger partial charge in [0.05, 0.1) is 16.8 Å². The summed E-state index contributed by atoms with van der Waals surface area (Å²) in [6.45, 7) is 0. The Balaban J connectivity index is 2.24. The van der Waals surface area contributed by atoms with Gasteiger partial charge in [0, 0.05) is 18.7 Å². The molecule has 0 aliphatic carbocycles. The van der Waals surface area contributed by atoms with Crippen LogP contribution in [0.1, 0.15) is 16.8 Å². The summed E-state index contributed by atoms with van der Waals surface area (Å²) in [4.78, 5) is 17.0. The van der Waals surface area contributed by atoms with E-state index in [1.165, 1.54) is 29.6 Å². The molecule has 1 heterocycles. The number of aromatic nitrogens is 1. The van der Waals surface area contributed by atoms with Crippen LogP contribution in [0.15, 0.2) is 66.9 Å². The Morgan fingerprint density at radius 2 is 1.73 bits per heavy atom. The van der Waals surface area contributed by atoms with Crippen LogP contribution in [0.25, 0.3) is 0 Å². The third-order valence-corrected chi connectivity index (χ3v) is 5.63. The molecule has 1 unspecified atom stereocenters. The highest BCUT2D eigenvalue weighted by molar-refractivity contribution is 6.30. The summed E-state index contributed by atoms with van der Waals surface area (Å²) >= 11 is 5.91. The van der Waals surface area contributed by atoms with Crippen molar-refractivity contribution in [2.45, 2.75) is 36.7 Å². The minimum atomic E-state index is -5.17. The van der Waals surface area contributed by atoms with Crippen LogP contribution in [0.3, 0.4) is 0 Å². The molecule has 2 atom stereocenters. The number of carbonyl (C=O) groups is 1. The fourth-order valence-corrected chi connectivity index (χ4v) is 3.78. The van der Waals surface area contributed by atoms with Crippen LogP contribution in [0, 0.1) is 17.1 Å². The zero-order chi connectivity index (χ0) is 29.7. The Bertz CT molecular complexity index is 1370. The maximum absolute atomic E-state index is 14.7. The predicted molar refractivity (Wildman–Crippen MR) is 125 cm³/mol. The summed E-state index contributed by atoms with van der Waals surface area (Å²) in [7, 11) is 0. The van der Waals surface area contributed by atoms with Gasteiger partial charge in [-0.2, -0.15) is 36.0 Å². The van der Waals surface area contributed by atoms with E-state index in [0.717, 1.165) is 18.3 Å². The fraction of sp³-hybridized carbons (Fsp3) is 0.240. The van der Waals surface area contributed by atoms with Gasteiger partial charge in [0.15, 0.2) is 0 Å². The van der Waals surface area contributed by atoms with Gasteiger partial charge in [-0.05, 0) is 35.4 Å². The Hall–Kier alpha value is -4.12. The molecule has 2 amide bonds. The minimum Gasteiger partial charge on any atom is -0.428 e. The first-order valence-electron chi connectivity index (χ1n) is 11.0. The molecule has 0 spiro atoms. The number of urea groups is 1. The molecule has 0 aliphatic rings. The zero-order valence-electron chi connectivity index (χ0n) is 19.8. The number of ether oxygens (including phenoxy) is 1. The van der Waals surface area contributed by atoms with Crippen molar-refractivity contribution in [2.24, 2.45) is 0 Å². The normalized spacial score (nSPS) is 14.1. The van der Waals surface area contributed by atoms with Gasteiger partial charge in [-0.3, -0.25) is 4.98 Å². The van der Waals surface area contributed by atoms with Crippen molar-refractivity contribution >= 4 is 17.6 Å². The van der Waals surface area contributed by atoms with Crippen molar-refractivity contribution < 1.29 is 44.7 Å². The molecule has 0 fully saturated rings. The van der Waals surface area contributed by atoms with Crippen LogP contribution in [0.4, 0.5) is 39.9 Å². The minimum absolute atomic E-state index is 0.0864. The number of amides is 2. The van der Waals surface area contributed by atoms with Gasteiger partial charge in [0.1, 0.15) is 17.1 Å². The van der Waals surface area contributed by atoms with Gasteiger partial charge in [0.25, 0.3) is 0 Å². The lowest BCUT2D eigenvalue weighted by Gasteiger charge is -2.36. The Morgan fingerprint density at radius 1 is 1.05 bits per heavy atom. The number of hydrogen-bond acceptors (Lipinski definition) is 4. The van der Waals surface area contributed by atoms with Crippen molar-refractivity contribution in [3.05, 3.63) is 94.5 Å².